The van der Waals surface area contributed by atoms with Gasteiger partial charge in [0.1, 0.15) is 0 Å². The van der Waals surface area contributed by atoms with Crippen LogP contribution in [0.1, 0.15) is 50.8 Å². The normalized spacial score (nSPS) is 26.7. The lowest BCUT2D eigenvalue weighted by Crippen LogP contribution is -2.41. The minimum absolute atomic E-state index is 0.0234. The van der Waals surface area contributed by atoms with Gasteiger partial charge in [-0.3, -0.25) is 0 Å². The summed E-state index contributed by atoms with van der Waals surface area (Å²) in [6.07, 6.45) is 1.26. The van der Waals surface area contributed by atoms with Gasteiger partial charge in [0.2, 0.25) is 0 Å². The van der Waals surface area contributed by atoms with Crippen molar-refractivity contribution in [3.63, 3.8) is 0 Å². The number of hydrogen-bond acceptors (Lipinski definition) is 2. The third kappa shape index (κ3) is 3.43. The van der Waals surface area contributed by atoms with Crippen LogP contribution in [0, 0.1) is 0 Å². The number of rotatable bonds is 5. The van der Waals surface area contributed by atoms with E-state index in [-0.39, 0.29) is 27.8 Å². The molecule has 0 spiro atoms. The lowest BCUT2D eigenvalue weighted by Gasteiger charge is -2.32. The average Bonchev–Trinajstić information content (AvgIpc) is 3.35. The molecule has 2 aromatic carbocycles. The Bertz CT molecular complexity index is 692. The Morgan fingerprint density at radius 1 is 0.846 bits per heavy atom. The van der Waals surface area contributed by atoms with Crippen molar-refractivity contribution in [2.75, 3.05) is 0 Å². The largest absolute Gasteiger partial charge is 0.461 e. The molecule has 2 unspecified atom stereocenters. The molecule has 1 heterocycles. The Morgan fingerprint density at radius 3 is 1.77 bits per heavy atom. The second-order valence-electron chi connectivity index (χ2n) is 8.89. The first-order valence-corrected chi connectivity index (χ1v) is 11.5. The standard InChI is InChI=1S/C22H29BO2Si/c1-21(2)22(3,4)25-23(24-21)18-15-19(18)26-20(16-11-7-5-8-12-16)17-13-9-6-10-14-17/h5-14,18-20H,15,26H2,1-4H3. The van der Waals surface area contributed by atoms with Crippen molar-refractivity contribution in [3.05, 3.63) is 71.8 Å². The third-order valence-corrected chi connectivity index (χ3v) is 9.50. The van der Waals surface area contributed by atoms with Gasteiger partial charge in [0.05, 0.1) is 11.2 Å². The maximum absolute atomic E-state index is 6.31. The van der Waals surface area contributed by atoms with Crippen LogP contribution in [-0.4, -0.2) is 27.8 Å². The molecule has 0 radical (unpaired) electrons. The zero-order chi connectivity index (χ0) is 18.4. The molecule has 2 aliphatic rings. The molecule has 1 aliphatic heterocycles. The summed E-state index contributed by atoms with van der Waals surface area (Å²) in [5, 5.41) is 0. The molecule has 136 valence electrons. The van der Waals surface area contributed by atoms with Gasteiger partial charge < -0.3 is 9.31 Å². The van der Waals surface area contributed by atoms with Gasteiger partial charge >= 0.3 is 7.12 Å². The van der Waals surface area contributed by atoms with Gasteiger partial charge in [-0.05, 0) is 55.7 Å². The Labute approximate surface area is 160 Å². The first-order chi connectivity index (χ1) is 12.4. The van der Waals surface area contributed by atoms with Crippen molar-refractivity contribution in [2.45, 2.75) is 62.2 Å². The molecule has 2 nitrogen and oxygen atoms in total. The van der Waals surface area contributed by atoms with Gasteiger partial charge in [-0.25, -0.2) is 0 Å². The van der Waals surface area contributed by atoms with Crippen LogP contribution in [-0.2, 0) is 9.31 Å². The van der Waals surface area contributed by atoms with Crippen molar-refractivity contribution in [1.29, 1.82) is 0 Å². The zero-order valence-corrected chi connectivity index (χ0v) is 17.7. The Kier molecular flexibility index (Phi) is 4.62. The average molecular weight is 364 g/mol. The second-order valence-corrected chi connectivity index (χ2v) is 11.2. The Hall–Kier alpha value is -1.36. The van der Waals surface area contributed by atoms with Crippen LogP contribution in [0.2, 0.25) is 11.4 Å². The molecule has 1 aliphatic carbocycles. The van der Waals surface area contributed by atoms with E-state index < -0.39 is 0 Å². The van der Waals surface area contributed by atoms with Crippen LogP contribution >= 0.6 is 0 Å². The van der Waals surface area contributed by atoms with E-state index in [0.29, 0.717) is 11.4 Å². The summed E-state index contributed by atoms with van der Waals surface area (Å²) in [6, 6.07) is 22.0. The van der Waals surface area contributed by atoms with E-state index in [1.807, 2.05) is 0 Å². The van der Waals surface area contributed by atoms with E-state index in [9.17, 15) is 0 Å². The summed E-state index contributed by atoms with van der Waals surface area (Å²) in [5.74, 6) is 0.581. The molecule has 0 N–H and O–H groups in total. The minimum Gasteiger partial charge on any atom is -0.403 e. The lowest BCUT2D eigenvalue weighted by atomic mass is 9.82. The molecule has 1 saturated heterocycles. The third-order valence-electron chi connectivity index (χ3n) is 6.54. The van der Waals surface area contributed by atoms with Crippen molar-refractivity contribution in [1.82, 2.24) is 0 Å². The molecule has 2 aromatic rings. The smallest absolute Gasteiger partial charge is 0.403 e. The highest BCUT2D eigenvalue weighted by Crippen LogP contribution is 2.58. The van der Waals surface area contributed by atoms with Crippen LogP contribution in [0.3, 0.4) is 0 Å². The Morgan fingerprint density at radius 2 is 1.31 bits per heavy atom. The summed E-state index contributed by atoms with van der Waals surface area (Å²) < 4.78 is 12.6. The monoisotopic (exact) mass is 364 g/mol. The predicted octanol–water partition coefficient (Wildman–Crippen LogP) is 4.60. The molecule has 26 heavy (non-hydrogen) atoms. The molecule has 0 amide bonds. The SMILES string of the molecule is CC1(C)OB(C2CC2[SiH2]C(c2ccccc2)c2ccccc2)OC1(C)C. The lowest BCUT2D eigenvalue weighted by molar-refractivity contribution is 0.00578. The number of hydrogen-bond donors (Lipinski definition) is 0. The highest BCUT2D eigenvalue weighted by atomic mass is 28.2. The molecule has 0 bridgehead atoms. The van der Waals surface area contributed by atoms with E-state index >= 15 is 0 Å². The van der Waals surface area contributed by atoms with Gasteiger partial charge in [-0.15, -0.1) is 0 Å². The van der Waals surface area contributed by atoms with Gasteiger partial charge in [-0.1, -0.05) is 67.1 Å². The summed E-state index contributed by atoms with van der Waals surface area (Å²) in [7, 11) is -0.362. The van der Waals surface area contributed by atoms with Gasteiger partial charge in [0.25, 0.3) is 0 Å². The molecule has 2 atom stereocenters. The van der Waals surface area contributed by atoms with E-state index in [4.69, 9.17) is 9.31 Å². The fraction of sp³-hybridized carbons (Fsp3) is 0.455. The topological polar surface area (TPSA) is 18.5 Å². The van der Waals surface area contributed by atoms with Crippen LogP contribution < -0.4 is 0 Å². The van der Waals surface area contributed by atoms with E-state index in [1.165, 1.54) is 17.5 Å². The van der Waals surface area contributed by atoms with E-state index in [0.717, 1.165) is 5.54 Å². The van der Waals surface area contributed by atoms with Gasteiger partial charge in [0.15, 0.2) is 0 Å². The zero-order valence-electron chi connectivity index (χ0n) is 16.3. The van der Waals surface area contributed by atoms with Crippen molar-refractivity contribution in [3.8, 4) is 0 Å². The first-order valence-electron chi connectivity index (χ1n) is 9.83. The van der Waals surface area contributed by atoms with E-state index in [2.05, 4.69) is 88.4 Å². The predicted molar refractivity (Wildman–Crippen MR) is 111 cm³/mol. The summed E-state index contributed by atoms with van der Waals surface area (Å²) in [4.78, 5) is 0. The maximum Gasteiger partial charge on any atom is 0.461 e. The molecular weight excluding hydrogens is 335 g/mol. The minimum atomic E-state index is -0.339. The van der Waals surface area contributed by atoms with Crippen molar-refractivity contribution >= 4 is 16.6 Å². The molecule has 4 heteroatoms. The fourth-order valence-corrected chi connectivity index (χ4v) is 6.92. The molecule has 4 rings (SSSR count). The summed E-state index contributed by atoms with van der Waals surface area (Å²) >= 11 is 0. The van der Waals surface area contributed by atoms with Crippen LogP contribution in [0.5, 0.6) is 0 Å². The highest BCUT2D eigenvalue weighted by Gasteiger charge is 2.59. The van der Waals surface area contributed by atoms with E-state index in [1.54, 1.807) is 0 Å². The quantitative estimate of drug-likeness (QED) is 0.722. The second kappa shape index (κ2) is 6.67. The summed E-state index contributed by atoms with van der Waals surface area (Å²) in [6.45, 7) is 8.61. The molecule has 2 fully saturated rings. The van der Waals surface area contributed by atoms with Gasteiger partial charge in [-0.2, -0.15) is 0 Å². The maximum atomic E-state index is 6.31. The highest BCUT2D eigenvalue weighted by molar-refractivity contribution is 6.55. The first kappa shape index (κ1) is 18.0. The Balaban J connectivity index is 1.49. The number of benzene rings is 2. The van der Waals surface area contributed by atoms with Crippen molar-refractivity contribution in [2.24, 2.45) is 0 Å². The molecule has 1 saturated carbocycles. The fourth-order valence-electron chi connectivity index (χ4n) is 4.08. The summed E-state index contributed by atoms with van der Waals surface area (Å²) in [5.41, 5.74) is 3.87. The molecule has 0 aromatic heterocycles. The van der Waals surface area contributed by atoms with Gasteiger partial charge in [0, 0.05) is 9.52 Å². The van der Waals surface area contributed by atoms with Crippen molar-refractivity contribution < 1.29 is 9.31 Å². The van der Waals surface area contributed by atoms with Crippen LogP contribution in [0.15, 0.2) is 60.7 Å². The van der Waals surface area contributed by atoms with Crippen LogP contribution in [0.25, 0.3) is 0 Å². The van der Waals surface area contributed by atoms with Crippen LogP contribution in [0.4, 0.5) is 0 Å². The molecular formula is C22H29BO2Si.